The summed E-state index contributed by atoms with van der Waals surface area (Å²) in [6.07, 6.45) is 1.76. The van der Waals surface area contributed by atoms with Crippen LogP contribution in [0.1, 0.15) is 25.3 Å². The van der Waals surface area contributed by atoms with Crippen molar-refractivity contribution in [1.82, 2.24) is 0 Å². The summed E-state index contributed by atoms with van der Waals surface area (Å²) < 4.78 is 27.8. The van der Waals surface area contributed by atoms with E-state index in [9.17, 15) is 13.2 Å². The molecule has 0 radical (unpaired) electrons. The summed E-state index contributed by atoms with van der Waals surface area (Å²) in [7, 11) is -2.09. The summed E-state index contributed by atoms with van der Waals surface area (Å²) in [6.45, 7) is 2.49. The number of ether oxygens (including phenoxy) is 1. The fourth-order valence-electron chi connectivity index (χ4n) is 2.39. The molecule has 1 unspecified atom stereocenters. The molecule has 1 heterocycles. The molecule has 0 bridgehead atoms. The van der Waals surface area contributed by atoms with Gasteiger partial charge in [0.05, 0.1) is 11.0 Å². The molecule has 1 aliphatic heterocycles. The number of fused-ring (bicyclic) bond motifs is 1. The average Bonchev–Trinajstić information content (AvgIpc) is 2.86. The van der Waals surface area contributed by atoms with Crippen LogP contribution in [0.5, 0.6) is 0 Å². The van der Waals surface area contributed by atoms with Crippen LogP contribution in [0.15, 0.2) is 23.1 Å². The summed E-state index contributed by atoms with van der Waals surface area (Å²) in [6, 6.07) is 4.65. The van der Waals surface area contributed by atoms with Crippen LogP contribution in [0.4, 0.5) is 5.69 Å². The van der Waals surface area contributed by atoms with Gasteiger partial charge in [0.15, 0.2) is 0 Å². The first-order valence-electron chi connectivity index (χ1n) is 6.82. The fourth-order valence-corrected chi connectivity index (χ4v) is 2.96. The second-order valence-electron chi connectivity index (χ2n) is 5.22. The highest BCUT2D eigenvalue weighted by atomic mass is 32.2. The highest BCUT2D eigenvalue weighted by molar-refractivity contribution is 7.89. The Hall–Kier alpha value is -1.44. The molecule has 0 saturated heterocycles. The lowest BCUT2D eigenvalue weighted by Gasteiger charge is -2.18. The number of amides is 1. The van der Waals surface area contributed by atoms with Crippen LogP contribution in [0, 0.1) is 0 Å². The van der Waals surface area contributed by atoms with Gasteiger partial charge in [-0.1, -0.05) is 0 Å². The second kappa shape index (κ2) is 6.13. The second-order valence-corrected chi connectivity index (χ2v) is 6.78. The summed E-state index contributed by atoms with van der Waals surface area (Å²) in [4.78, 5) is 14.0. The highest BCUT2D eigenvalue weighted by Crippen LogP contribution is 2.30. The van der Waals surface area contributed by atoms with E-state index in [1.165, 1.54) is 6.07 Å². The van der Waals surface area contributed by atoms with E-state index >= 15 is 0 Å². The van der Waals surface area contributed by atoms with E-state index in [0.29, 0.717) is 25.8 Å². The van der Waals surface area contributed by atoms with Crippen LogP contribution in [-0.2, 0) is 26.0 Å². The maximum absolute atomic E-state index is 12.2. The Kier molecular flexibility index (Phi) is 4.65. The normalized spacial score (nSPS) is 15.9. The standard InChI is InChI=1S/C14H20N2O4S/c1-10(20-2)3-6-14(17)16-8-7-11-9-12(21(15,18)19)4-5-13(11)16/h4-5,9-10H,3,6-8H2,1-2H3,(H2,15,18,19). The Morgan fingerprint density at radius 3 is 2.81 bits per heavy atom. The van der Waals surface area contributed by atoms with Gasteiger partial charge >= 0.3 is 0 Å². The van der Waals surface area contributed by atoms with E-state index in [4.69, 9.17) is 9.88 Å². The maximum atomic E-state index is 12.2. The molecule has 0 saturated carbocycles. The molecular weight excluding hydrogens is 292 g/mol. The SMILES string of the molecule is COC(C)CCC(=O)N1CCc2cc(S(N)(=O)=O)ccc21. The maximum Gasteiger partial charge on any atom is 0.238 e. The average molecular weight is 312 g/mol. The monoisotopic (exact) mass is 312 g/mol. The number of primary sulfonamides is 1. The Labute approximate surface area is 124 Å². The van der Waals surface area contributed by atoms with E-state index in [1.54, 1.807) is 24.1 Å². The minimum atomic E-state index is -3.71. The van der Waals surface area contributed by atoms with Gasteiger partial charge in [0, 0.05) is 25.8 Å². The van der Waals surface area contributed by atoms with Crippen molar-refractivity contribution in [2.75, 3.05) is 18.6 Å². The van der Waals surface area contributed by atoms with Crippen LogP contribution in [0.3, 0.4) is 0 Å². The Morgan fingerprint density at radius 1 is 1.48 bits per heavy atom. The molecule has 1 amide bonds. The van der Waals surface area contributed by atoms with Gasteiger partial charge in [-0.25, -0.2) is 13.6 Å². The van der Waals surface area contributed by atoms with Crippen molar-refractivity contribution in [3.63, 3.8) is 0 Å². The van der Waals surface area contributed by atoms with E-state index in [1.807, 2.05) is 6.92 Å². The number of carbonyl (C=O) groups excluding carboxylic acids is 1. The van der Waals surface area contributed by atoms with Crippen LogP contribution < -0.4 is 10.0 Å². The lowest BCUT2D eigenvalue weighted by Crippen LogP contribution is -2.29. The van der Waals surface area contributed by atoms with E-state index in [2.05, 4.69) is 0 Å². The number of methoxy groups -OCH3 is 1. The predicted octanol–water partition coefficient (Wildman–Crippen LogP) is 1.04. The molecule has 1 aromatic carbocycles. The first-order valence-corrected chi connectivity index (χ1v) is 8.36. The van der Waals surface area contributed by atoms with Crippen molar-refractivity contribution in [1.29, 1.82) is 0 Å². The zero-order valence-electron chi connectivity index (χ0n) is 12.2. The molecule has 116 valence electrons. The number of nitrogens with two attached hydrogens (primary N) is 1. The molecule has 0 fully saturated rings. The molecule has 1 aromatic rings. The van der Waals surface area contributed by atoms with Crippen molar-refractivity contribution in [3.05, 3.63) is 23.8 Å². The highest BCUT2D eigenvalue weighted by Gasteiger charge is 2.25. The van der Waals surface area contributed by atoms with Gasteiger partial charge in [0.2, 0.25) is 15.9 Å². The molecule has 2 N–H and O–H groups in total. The Bertz CT molecular complexity index is 642. The van der Waals surface area contributed by atoms with E-state index in [0.717, 1.165) is 11.3 Å². The number of hydrogen-bond donors (Lipinski definition) is 1. The zero-order chi connectivity index (χ0) is 15.6. The molecule has 6 nitrogen and oxygen atoms in total. The third kappa shape index (κ3) is 3.61. The number of carbonyl (C=O) groups is 1. The van der Waals surface area contributed by atoms with Gasteiger partial charge in [0.1, 0.15) is 0 Å². The lowest BCUT2D eigenvalue weighted by molar-refractivity contribution is -0.119. The molecular formula is C14H20N2O4S. The quantitative estimate of drug-likeness (QED) is 0.879. The Morgan fingerprint density at radius 2 is 2.19 bits per heavy atom. The predicted molar refractivity (Wildman–Crippen MR) is 79.6 cm³/mol. The topological polar surface area (TPSA) is 89.7 Å². The smallest absolute Gasteiger partial charge is 0.238 e. The lowest BCUT2D eigenvalue weighted by atomic mass is 10.1. The number of sulfonamides is 1. The number of benzene rings is 1. The minimum absolute atomic E-state index is 0.0287. The Balaban J connectivity index is 2.14. The van der Waals surface area contributed by atoms with Crippen molar-refractivity contribution in [2.24, 2.45) is 5.14 Å². The summed E-state index contributed by atoms with van der Waals surface area (Å²) in [5.74, 6) is 0.0287. The molecule has 0 aliphatic carbocycles. The van der Waals surface area contributed by atoms with Crippen LogP contribution in [0.2, 0.25) is 0 Å². The van der Waals surface area contributed by atoms with E-state index < -0.39 is 10.0 Å². The first kappa shape index (κ1) is 15.9. The zero-order valence-corrected chi connectivity index (χ0v) is 13.0. The number of rotatable bonds is 5. The molecule has 1 atom stereocenters. The molecule has 7 heteroatoms. The summed E-state index contributed by atoms with van der Waals surface area (Å²) >= 11 is 0. The largest absolute Gasteiger partial charge is 0.382 e. The van der Waals surface area contributed by atoms with Gasteiger partial charge in [-0.15, -0.1) is 0 Å². The van der Waals surface area contributed by atoms with Gasteiger partial charge in [0.25, 0.3) is 0 Å². The van der Waals surface area contributed by atoms with Gasteiger partial charge < -0.3 is 9.64 Å². The third-order valence-electron chi connectivity index (χ3n) is 3.74. The summed E-state index contributed by atoms with van der Waals surface area (Å²) in [5.41, 5.74) is 1.62. The number of hydrogen-bond acceptors (Lipinski definition) is 4. The van der Waals surface area contributed by atoms with Crippen molar-refractivity contribution < 1.29 is 17.9 Å². The fraction of sp³-hybridized carbons (Fsp3) is 0.500. The summed E-state index contributed by atoms with van der Waals surface area (Å²) in [5, 5.41) is 5.12. The van der Waals surface area contributed by atoms with Crippen molar-refractivity contribution >= 4 is 21.6 Å². The molecule has 1 aliphatic rings. The van der Waals surface area contributed by atoms with Crippen LogP contribution >= 0.6 is 0 Å². The van der Waals surface area contributed by atoms with Gasteiger partial charge in [-0.3, -0.25) is 4.79 Å². The third-order valence-corrected chi connectivity index (χ3v) is 4.65. The van der Waals surface area contributed by atoms with E-state index in [-0.39, 0.29) is 16.9 Å². The van der Waals surface area contributed by atoms with Crippen molar-refractivity contribution in [3.8, 4) is 0 Å². The van der Waals surface area contributed by atoms with Gasteiger partial charge in [-0.05, 0) is 43.5 Å². The van der Waals surface area contributed by atoms with Gasteiger partial charge in [-0.2, -0.15) is 0 Å². The first-order chi connectivity index (χ1) is 9.82. The van der Waals surface area contributed by atoms with Crippen LogP contribution in [0.25, 0.3) is 0 Å². The molecule has 0 spiro atoms. The molecule has 21 heavy (non-hydrogen) atoms. The number of nitrogens with zero attached hydrogens (tertiary/aromatic N) is 1. The molecule has 2 rings (SSSR count). The van der Waals surface area contributed by atoms with Crippen LogP contribution in [-0.4, -0.2) is 34.1 Å². The minimum Gasteiger partial charge on any atom is -0.382 e. The van der Waals surface area contributed by atoms with Crippen molar-refractivity contribution in [2.45, 2.75) is 37.2 Å². The number of anilines is 1. The molecule has 0 aromatic heterocycles.